The minimum absolute atomic E-state index is 0.0250. The summed E-state index contributed by atoms with van der Waals surface area (Å²) in [6, 6.07) is -10.6. The Hall–Kier alpha value is -5.43. The van der Waals surface area contributed by atoms with Crippen LogP contribution < -0.4 is 60.2 Å². The summed E-state index contributed by atoms with van der Waals surface area (Å²) in [5.41, 5.74) is 21.0. The summed E-state index contributed by atoms with van der Waals surface area (Å²) in [5, 5.41) is 55.6. The highest BCUT2D eigenvalue weighted by Gasteiger charge is 2.36. The van der Waals surface area contributed by atoms with Crippen LogP contribution in [-0.4, -0.2) is 148 Å². The van der Waals surface area contributed by atoms with Crippen LogP contribution in [0.3, 0.4) is 0 Å². The summed E-state index contributed by atoms with van der Waals surface area (Å²) in [5.74, 6) is -8.68. The standard InChI is InChI=1S/C35H63N11O13/c1-3-4-5-6-7-8-9-12-25(51)43-21(11-10-14-41-35(39)59)30(54)45-23(18-48)32(56)44-22(13-15-40-33(57)26(37)19(2)49)31(55)46-27(28(52)29(38)53)34(58)42-20(17-47)16-24(36)50/h9,12,19-23,26-28,47-49,52H,3-8,10-11,13-18,37H2,1-2H3,(H2,36,50)(H2,38,53)(H,40,57)(H,42,58)(H,43,51)(H,44,56)(H,45,54)(H,46,55)(H3,39,41,59)/b12-9-/t19-,20-,21+,22-,23-,26-,27-,28+/m0/s1. The minimum atomic E-state index is -2.40. The van der Waals surface area contributed by atoms with Crippen molar-refractivity contribution in [2.45, 2.75) is 127 Å². The molecule has 336 valence electrons. The maximum atomic E-state index is 13.6. The van der Waals surface area contributed by atoms with Gasteiger partial charge in [0.25, 0.3) is 0 Å². The first-order valence-electron chi connectivity index (χ1n) is 19.2. The Morgan fingerprint density at radius 2 is 1.24 bits per heavy atom. The zero-order chi connectivity index (χ0) is 45.1. The zero-order valence-corrected chi connectivity index (χ0v) is 33.4. The van der Waals surface area contributed by atoms with E-state index in [1.165, 1.54) is 13.0 Å². The lowest BCUT2D eigenvalue weighted by molar-refractivity contribution is -0.140. The van der Waals surface area contributed by atoms with E-state index in [9.17, 15) is 63.6 Å². The molecule has 0 saturated heterocycles. The van der Waals surface area contributed by atoms with E-state index in [-0.39, 0.29) is 19.4 Å². The number of hydrogen-bond acceptors (Lipinski definition) is 14. The molecule has 10 amide bonds. The molecular weight excluding hydrogens is 782 g/mol. The second kappa shape index (κ2) is 29.7. The van der Waals surface area contributed by atoms with Crippen LogP contribution in [0.15, 0.2) is 12.2 Å². The van der Waals surface area contributed by atoms with Gasteiger partial charge in [-0.05, 0) is 45.1 Å². The Morgan fingerprint density at radius 3 is 1.80 bits per heavy atom. The SMILES string of the molecule is CCCCCCC/C=C\C(=O)N[C@H](CCCNC(N)=O)C(=O)N[C@@H](CO)C(=O)N[C@@H](CCNC(=O)[C@@H](N)[C@H](C)O)C(=O)N[C@H](C(=O)N[C@H](CO)CC(N)=O)[C@@H](O)C(N)=O. The second-order valence-corrected chi connectivity index (χ2v) is 13.6. The van der Waals surface area contributed by atoms with Gasteiger partial charge in [0, 0.05) is 19.5 Å². The smallest absolute Gasteiger partial charge is 0.312 e. The third-order valence-corrected chi connectivity index (χ3v) is 8.55. The van der Waals surface area contributed by atoms with E-state index in [1.807, 2.05) is 5.32 Å². The quantitative estimate of drug-likeness (QED) is 0.0228. The van der Waals surface area contributed by atoms with Gasteiger partial charge in [-0.2, -0.15) is 0 Å². The minimum Gasteiger partial charge on any atom is -0.394 e. The molecular formula is C35H63N11O13. The molecule has 0 saturated carbocycles. The van der Waals surface area contributed by atoms with Crippen molar-refractivity contribution in [2.24, 2.45) is 22.9 Å². The number of hydrogen-bond donors (Lipinski definition) is 15. The van der Waals surface area contributed by atoms with Gasteiger partial charge in [-0.15, -0.1) is 0 Å². The fourth-order valence-electron chi connectivity index (χ4n) is 5.15. The van der Waals surface area contributed by atoms with E-state index in [1.54, 1.807) is 6.08 Å². The van der Waals surface area contributed by atoms with Crippen LogP contribution in [0.1, 0.15) is 78.1 Å². The van der Waals surface area contributed by atoms with E-state index in [4.69, 9.17) is 22.9 Å². The van der Waals surface area contributed by atoms with Gasteiger partial charge in [-0.3, -0.25) is 38.4 Å². The number of allylic oxidation sites excluding steroid dienone is 1. The molecule has 59 heavy (non-hydrogen) atoms. The highest BCUT2D eigenvalue weighted by atomic mass is 16.3. The largest absolute Gasteiger partial charge is 0.394 e. The first-order chi connectivity index (χ1) is 27.8. The highest BCUT2D eigenvalue weighted by molar-refractivity contribution is 5.98. The van der Waals surface area contributed by atoms with E-state index in [0.717, 1.165) is 32.1 Å². The summed E-state index contributed by atoms with van der Waals surface area (Å²) in [4.78, 5) is 113. The molecule has 0 spiro atoms. The molecule has 24 heteroatoms. The first kappa shape index (κ1) is 53.6. The lowest BCUT2D eigenvalue weighted by Crippen LogP contribution is -2.63. The van der Waals surface area contributed by atoms with Gasteiger partial charge < -0.3 is 80.6 Å². The predicted molar refractivity (Wildman–Crippen MR) is 209 cm³/mol. The average molecular weight is 846 g/mol. The zero-order valence-electron chi connectivity index (χ0n) is 33.4. The molecule has 0 aliphatic heterocycles. The number of aliphatic hydroxyl groups excluding tert-OH is 4. The van der Waals surface area contributed by atoms with Crippen molar-refractivity contribution in [1.29, 1.82) is 0 Å². The predicted octanol–water partition coefficient (Wildman–Crippen LogP) is -6.30. The molecule has 0 heterocycles. The number of nitrogens with one attached hydrogen (secondary N) is 7. The summed E-state index contributed by atoms with van der Waals surface area (Å²) < 4.78 is 0. The van der Waals surface area contributed by atoms with Gasteiger partial charge in [0.05, 0.1) is 25.4 Å². The fraction of sp³-hybridized carbons (Fsp3) is 0.686. The number of carbonyl (C=O) groups excluding carboxylic acids is 9. The van der Waals surface area contributed by atoms with Crippen molar-refractivity contribution in [3.63, 3.8) is 0 Å². The van der Waals surface area contributed by atoms with Crippen molar-refractivity contribution in [3.05, 3.63) is 12.2 Å². The molecule has 0 unspecified atom stereocenters. The maximum absolute atomic E-state index is 13.6. The lowest BCUT2D eigenvalue weighted by Gasteiger charge is -2.28. The Balaban J connectivity index is 6.29. The number of aliphatic hydroxyl groups is 4. The number of nitrogens with two attached hydrogens (primary N) is 4. The van der Waals surface area contributed by atoms with E-state index >= 15 is 0 Å². The van der Waals surface area contributed by atoms with Crippen LogP contribution in [0.4, 0.5) is 4.79 Å². The summed E-state index contributed by atoms with van der Waals surface area (Å²) in [7, 11) is 0. The Labute approximate surface area is 341 Å². The number of primary amides is 3. The number of urea groups is 1. The van der Waals surface area contributed by atoms with Gasteiger partial charge in [0.2, 0.25) is 47.3 Å². The highest BCUT2D eigenvalue weighted by Crippen LogP contribution is 2.06. The number of unbranched alkanes of at least 4 members (excludes halogenated alkanes) is 5. The van der Waals surface area contributed by atoms with Crippen LogP contribution >= 0.6 is 0 Å². The molecule has 19 N–H and O–H groups in total. The van der Waals surface area contributed by atoms with Gasteiger partial charge in [0.1, 0.15) is 30.2 Å². The van der Waals surface area contributed by atoms with Gasteiger partial charge in [-0.1, -0.05) is 38.7 Å². The number of carbonyl (C=O) groups is 9. The molecule has 0 aliphatic rings. The average Bonchev–Trinajstić information content (AvgIpc) is 3.17. The van der Waals surface area contributed by atoms with Crippen molar-refractivity contribution in [3.8, 4) is 0 Å². The Kier molecular flexibility index (Phi) is 27.0. The van der Waals surface area contributed by atoms with E-state index in [0.29, 0.717) is 6.42 Å². The van der Waals surface area contributed by atoms with Crippen molar-refractivity contribution in [1.82, 2.24) is 37.2 Å². The summed E-state index contributed by atoms with van der Waals surface area (Å²) in [6.45, 7) is 1.05. The topological polar surface area (TPSA) is 423 Å². The molecule has 8 atom stereocenters. The van der Waals surface area contributed by atoms with Gasteiger partial charge in [-0.25, -0.2) is 4.79 Å². The molecule has 0 radical (unpaired) electrons. The number of amides is 10. The van der Waals surface area contributed by atoms with Crippen molar-refractivity contribution >= 4 is 53.3 Å². The van der Waals surface area contributed by atoms with Crippen molar-refractivity contribution in [2.75, 3.05) is 26.3 Å². The molecule has 0 rings (SSSR count). The van der Waals surface area contributed by atoms with Gasteiger partial charge in [0.15, 0.2) is 6.10 Å². The van der Waals surface area contributed by atoms with Crippen LogP contribution in [0.2, 0.25) is 0 Å². The third kappa shape index (κ3) is 22.9. The third-order valence-electron chi connectivity index (χ3n) is 8.55. The Morgan fingerprint density at radius 1 is 0.644 bits per heavy atom. The Bertz CT molecular complexity index is 1430. The van der Waals surface area contributed by atoms with Crippen LogP contribution in [0.5, 0.6) is 0 Å². The number of rotatable bonds is 31. The maximum Gasteiger partial charge on any atom is 0.312 e. The molecule has 0 fully saturated rings. The first-order valence-corrected chi connectivity index (χ1v) is 19.2. The molecule has 24 nitrogen and oxygen atoms in total. The van der Waals surface area contributed by atoms with Crippen LogP contribution in [-0.2, 0) is 38.4 Å². The molecule has 0 aromatic heterocycles. The molecule has 0 aromatic carbocycles. The lowest BCUT2D eigenvalue weighted by atomic mass is 10.1. The summed E-state index contributed by atoms with van der Waals surface area (Å²) in [6.07, 6.45) is 3.86. The second-order valence-electron chi connectivity index (χ2n) is 13.6. The fourth-order valence-corrected chi connectivity index (χ4v) is 5.15. The molecule has 0 aliphatic carbocycles. The van der Waals surface area contributed by atoms with E-state index < -0.39 is 134 Å². The van der Waals surface area contributed by atoms with Crippen molar-refractivity contribution < 1.29 is 63.6 Å². The van der Waals surface area contributed by atoms with E-state index in [2.05, 4.69) is 38.8 Å². The molecule has 0 bridgehead atoms. The van der Waals surface area contributed by atoms with Gasteiger partial charge >= 0.3 is 6.03 Å². The molecule has 0 aromatic rings. The van der Waals surface area contributed by atoms with Crippen LogP contribution in [0.25, 0.3) is 0 Å². The van der Waals surface area contributed by atoms with Crippen LogP contribution in [0, 0.1) is 0 Å². The monoisotopic (exact) mass is 845 g/mol. The normalized spacial score (nSPS) is 15.2. The summed E-state index contributed by atoms with van der Waals surface area (Å²) >= 11 is 0.